The molecule has 4 rings (SSSR count). The lowest BCUT2D eigenvalue weighted by atomic mass is 10.2. The maximum Gasteiger partial charge on any atom is 0.264 e. The molecule has 7 nitrogen and oxygen atoms in total. The van der Waals surface area contributed by atoms with Crippen LogP contribution in [0, 0.1) is 11.7 Å². The minimum Gasteiger partial charge on any atom is -0.494 e. The van der Waals surface area contributed by atoms with Gasteiger partial charge in [0.05, 0.1) is 12.2 Å². The normalized spacial score (nSPS) is 12.6. The van der Waals surface area contributed by atoms with Crippen molar-refractivity contribution in [2.75, 3.05) is 6.79 Å². The molecule has 1 aromatic heterocycles. The molecule has 8 heteroatoms. The average Bonchev–Trinajstić information content (AvgIpc) is 3.12. The van der Waals surface area contributed by atoms with Crippen molar-refractivity contribution in [3.05, 3.63) is 74.3 Å². The van der Waals surface area contributed by atoms with Gasteiger partial charge in [-0.2, -0.15) is 0 Å². The predicted molar refractivity (Wildman–Crippen MR) is 107 cm³/mol. The van der Waals surface area contributed by atoms with Gasteiger partial charge in [-0.1, -0.05) is 18.2 Å². The van der Waals surface area contributed by atoms with Gasteiger partial charge in [0.15, 0.2) is 16.3 Å². The van der Waals surface area contributed by atoms with Gasteiger partial charge >= 0.3 is 0 Å². The SMILES string of the molecule is Cc1cccc(-n2c(O)c(C=NCc3ccc4c(c3)OCO4)c(=O)[nH]c2=S)c1. The van der Waals surface area contributed by atoms with Crippen LogP contribution >= 0.6 is 12.2 Å². The van der Waals surface area contributed by atoms with E-state index in [0.717, 1.165) is 11.1 Å². The van der Waals surface area contributed by atoms with Crippen molar-refractivity contribution in [2.24, 2.45) is 4.99 Å². The van der Waals surface area contributed by atoms with Gasteiger partial charge < -0.3 is 14.6 Å². The Balaban J connectivity index is 1.66. The first-order valence-corrected chi connectivity index (χ1v) is 8.97. The number of hydrogen-bond donors (Lipinski definition) is 2. The molecule has 0 saturated carbocycles. The topological polar surface area (TPSA) is 88.8 Å². The molecule has 2 aromatic carbocycles. The molecule has 0 unspecified atom stereocenters. The Morgan fingerprint density at radius 3 is 2.89 bits per heavy atom. The summed E-state index contributed by atoms with van der Waals surface area (Å²) in [6.07, 6.45) is 1.35. The van der Waals surface area contributed by atoms with E-state index >= 15 is 0 Å². The Kier molecular flexibility index (Phi) is 4.70. The van der Waals surface area contributed by atoms with Crippen LogP contribution in [0.2, 0.25) is 0 Å². The molecule has 0 saturated heterocycles. The first-order valence-electron chi connectivity index (χ1n) is 8.56. The Hall–Kier alpha value is -3.39. The van der Waals surface area contributed by atoms with Crippen LogP contribution in [0.3, 0.4) is 0 Å². The number of aromatic nitrogens is 2. The molecule has 2 heterocycles. The van der Waals surface area contributed by atoms with Gasteiger partial charge in [-0.05, 0) is 54.5 Å². The number of fused-ring (bicyclic) bond motifs is 1. The van der Waals surface area contributed by atoms with Gasteiger partial charge in [0.1, 0.15) is 5.56 Å². The van der Waals surface area contributed by atoms with Crippen LogP contribution in [0.15, 0.2) is 52.3 Å². The first kappa shape index (κ1) is 18.0. The first-order chi connectivity index (χ1) is 13.5. The summed E-state index contributed by atoms with van der Waals surface area (Å²) in [6.45, 7) is 2.46. The van der Waals surface area contributed by atoms with Crippen LogP contribution in [-0.4, -0.2) is 27.7 Å². The van der Waals surface area contributed by atoms with E-state index < -0.39 is 5.56 Å². The number of nitrogens with zero attached hydrogens (tertiary/aromatic N) is 2. The van der Waals surface area contributed by atoms with E-state index in [4.69, 9.17) is 21.7 Å². The average molecular weight is 395 g/mol. The molecule has 1 aliphatic rings. The van der Waals surface area contributed by atoms with Crippen LogP contribution < -0.4 is 15.0 Å². The summed E-state index contributed by atoms with van der Waals surface area (Å²) in [5.74, 6) is 1.11. The predicted octanol–water partition coefficient (Wildman–Crippen LogP) is 3.26. The van der Waals surface area contributed by atoms with Crippen molar-refractivity contribution in [1.82, 2.24) is 9.55 Å². The highest BCUT2D eigenvalue weighted by molar-refractivity contribution is 7.71. The Bertz CT molecular complexity index is 1200. The molecule has 0 aliphatic carbocycles. The number of nitrogens with one attached hydrogen (secondary N) is 1. The molecule has 142 valence electrons. The zero-order valence-corrected chi connectivity index (χ0v) is 15.8. The quantitative estimate of drug-likeness (QED) is 0.523. The van der Waals surface area contributed by atoms with Gasteiger partial charge in [0, 0.05) is 6.21 Å². The molecule has 1 aliphatic heterocycles. The molecule has 0 amide bonds. The number of ether oxygens (including phenoxy) is 2. The number of rotatable bonds is 4. The van der Waals surface area contributed by atoms with Gasteiger partial charge in [0.2, 0.25) is 12.7 Å². The third-order valence-corrected chi connectivity index (χ3v) is 4.60. The van der Waals surface area contributed by atoms with Gasteiger partial charge in [-0.3, -0.25) is 19.3 Å². The molecule has 3 aromatic rings. The molecule has 2 N–H and O–H groups in total. The number of aryl methyl sites for hydroxylation is 1. The second-order valence-corrected chi connectivity index (χ2v) is 6.72. The van der Waals surface area contributed by atoms with Crippen LogP contribution in [-0.2, 0) is 6.54 Å². The minimum absolute atomic E-state index is 0.0378. The molecule has 0 atom stereocenters. The van der Waals surface area contributed by atoms with E-state index in [1.165, 1.54) is 10.8 Å². The number of benzene rings is 2. The fourth-order valence-corrected chi connectivity index (χ4v) is 3.23. The second kappa shape index (κ2) is 7.32. The van der Waals surface area contributed by atoms with Crippen LogP contribution in [0.5, 0.6) is 17.4 Å². The van der Waals surface area contributed by atoms with E-state index in [1.54, 1.807) is 6.07 Å². The molecule has 0 fully saturated rings. The van der Waals surface area contributed by atoms with Crippen LogP contribution in [0.1, 0.15) is 16.7 Å². The van der Waals surface area contributed by atoms with Gasteiger partial charge in [-0.15, -0.1) is 0 Å². The molecule has 0 bridgehead atoms. The van der Waals surface area contributed by atoms with E-state index in [1.807, 2.05) is 43.3 Å². The van der Waals surface area contributed by atoms with Gasteiger partial charge in [-0.25, -0.2) is 0 Å². The van der Waals surface area contributed by atoms with Crippen molar-refractivity contribution in [1.29, 1.82) is 0 Å². The molecular formula is C20H17N3O4S. The highest BCUT2D eigenvalue weighted by Gasteiger charge is 2.14. The van der Waals surface area contributed by atoms with E-state index in [0.29, 0.717) is 23.7 Å². The number of aromatic hydroxyl groups is 1. The molecule has 0 radical (unpaired) electrons. The summed E-state index contributed by atoms with van der Waals surface area (Å²) < 4.78 is 12.1. The highest BCUT2D eigenvalue weighted by atomic mass is 32.1. The van der Waals surface area contributed by atoms with E-state index in [2.05, 4.69) is 9.98 Å². The van der Waals surface area contributed by atoms with Crippen molar-refractivity contribution >= 4 is 18.4 Å². The zero-order chi connectivity index (χ0) is 19.7. The summed E-state index contributed by atoms with van der Waals surface area (Å²) in [5.41, 5.74) is 2.09. The summed E-state index contributed by atoms with van der Waals surface area (Å²) >= 11 is 5.22. The third kappa shape index (κ3) is 3.41. The summed E-state index contributed by atoms with van der Waals surface area (Å²) in [6, 6.07) is 13.0. The fourth-order valence-electron chi connectivity index (χ4n) is 2.94. The smallest absolute Gasteiger partial charge is 0.264 e. The second-order valence-electron chi connectivity index (χ2n) is 6.33. The molecular weight excluding hydrogens is 378 g/mol. The van der Waals surface area contributed by atoms with Crippen molar-refractivity contribution in [2.45, 2.75) is 13.5 Å². The highest BCUT2D eigenvalue weighted by Crippen LogP contribution is 2.32. The Morgan fingerprint density at radius 2 is 2.07 bits per heavy atom. The third-order valence-electron chi connectivity index (χ3n) is 4.31. The lowest BCUT2D eigenvalue weighted by Crippen LogP contribution is -2.18. The van der Waals surface area contributed by atoms with E-state index in [9.17, 15) is 9.90 Å². The maximum absolute atomic E-state index is 12.3. The van der Waals surface area contributed by atoms with Gasteiger partial charge in [0.25, 0.3) is 5.56 Å². The lowest BCUT2D eigenvalue weighted by molar-refractivity contribution is 0.174. The lowest BCUT2D eigenvalue weighted by Gasteiger charge is -2.11. The van der Waals surface area contributed by atoms with Crippen LogP contribution in [0.25, 0.3) is 5.69 Å². The molecule has 28 heavy (non-hydrogen) atoms. The van der Waals surface area contributed by atoms with Crippen molar-refractivity contribution in [3.8, 4) is 23.1 Å². The Morgan fingerprint density at radius 1 is 1.25 bits per heavy atom. The largest absolute Gasteiger partial charge is 0.494 e. The zero-order valence-electron chi connectivity index (χ0n) is 15.0. The number of hydrogen-bond acceptors (Lipinski definition) is 6. The number of aliphatic imine (C=N–C) groups is 1. The monoisotopic (exact) mass is 395 g/mol. The summed E-state index contributed by atoms with van der Waals surface area (Å²) in [5, 5.41) is 10.7. The standard InChI is InChI=1S/C20H17N3O4S/c1-12-3-2-4-14(7-12)23-19(25)15(18(24)22-20(23)28)10-21-9-13-5-6-16-17(8-13)27-11-26-16/h2-8,10,25H,9,11H2,1H3,(H,22,24,28). The number of H-pyrrole nitrogens is 1. The molecule has 0 spiro atoms. The maximum atomic E-state index is 12.3. The number of aromatic amines is 1. The van der Waals surface area contributed by atoms with Crippen LogP contribution in [0.4, 0.5) is 0 Å². The minimum atomic E-state index is -0.499. The fraction of sp³-hybridized carbons (Fsp3) is 0.150. The van der Waals surface area contributed by atoms with Crippen molar-refractivity contribution < 1.29 is 14.6 Å². The summed E-state index contributed by atoms with van der Waals surface area (Å²) in [7, 11) is 0. The Labute approximate surface area is 165 Å². The summed E-state index contributed by atoms with van der Waals surface area (Å²) in [4.78, 5) is 19.2. The van der Waals surface area contributed by atoms with Crippen molar-refractivity contribution in [3.63, 3.8) is 0 Å². The van der Waals surface area contributed by atoms with E-state index in [-0.39, 0.29) is 23.0 Å².